The van der Waals surface area contributed by atoms with E-state index in [1.54, 1.807) is 0 Å². The van der Waals surface area contributed by atoms with E-state index < -0.39 is 5.41 Å². The number of carbonyl (C=O) groups is 1. The first-order valence-electron chi connectivity index (χ1n) is 17.5. The van der Waals surface area contributed by atoms with Crippen LogP contribution in [-0.2, 0) is 10.2 Å². The summed E-state index contributed by atoms with van der Waals surface area (Å²) in [5.74, 6) is 0.696. The average Bonchev–Trinajstić information content (AvgIpc) is 3.67. The zero-order valence-corrected chi connectivity index (χ0v) is 28.1. The van der Waals surface area contributed by atoms with E-state index >= 15 is 4.79 Å². The van der Waals surface area contributed by atoms with Gasteiger partial charge in [0.1, 0.15) is 5.41 Å². The molecule has 52 heavy (non-hydrogen) atoms. The first kappa shape index (κ1) is 30.0. The standard InChI is InChI=1S/C48H31N3O/c52-47-48(41-25-12-13-26-45(41)51(47)37-21-8-3-9-22-37)40-24-11-10-23-38(40)39-28-27-35(30-42(39)48)34-19-14-20-36(29-34)46-49-43(32-15-4-1-5-16-32)31-44(50-46)33-17-6-2-7-18-33/h1-31H. The van der Waals surface area contributed by atoms with Crippen LogP contribution in [0, 0.1) is 0 Å². The molecule has 1 aromatic heterocycles. The van der Waals surface area contributed by atoms with E-state index in [9.17, 15) is 0 Å². The third kappa shape index (κ3) is 4.51. The molecule has 1 unspecified atom stereocenters. The summed E-state index contributed by atoms with van der Waals surface area (Å²) < 4.78 is 0. The molecule has 2 heterocycles. The van der Waals surface area contributed by atoms with Crippen molar-refractivity contribution < 1.29 is 4.79 Å². The van der Waals surface area contributed by atoms with Crippen LogP contribution in [0.1, 0.15) is 16.7 Å². The molecular formula is C48H31N3O. The van der Waals surface area contributed by atoms with Gasteiger partial charge < -0.3 is 0 Å². The lowest BCUT2D eigenvalue weighted by Crippen LogP contribution is -2.39. The second kappa shape index (κ2) is 11.9. The maximum Gasteiger partial charge on any atom is 0.251 e. The summed E-state index contributed by atoms with van der Waals surface area (Å²) in [7, 11) is 0. The summed E-state index contributed by atoms with van der Waals surface area (Å²) >= 11 is 0. The van der Waals surface area contributed by atoms with Gasteiger partial charge in [-0.2, -0.15) is 0 Å². The zero-order valence-electron chi connectivity index (χ0n) is 28.1. The minimum atomic E-state index is -0.982. The number of nitrogens with zero attached hydrogens (tertiary/aromatic N) is 3. The Morgan fingerprint density at radius 2 is 0.942 bits per heavy atom. The first-order chi connectivity index (χ1) is 25.7. The quantitative estimate of drug-likeness (QED) is 0.184. The largest absolute Gasteiger partial charge is 0.279 e. The molecule has 10 rings (SSSR count). The predicted octanol–water partition coefficient (Wildman–Crippen LogP) is 11.1. The molecule has 0 saturated carbocycles. The molecule has 0 bridgehead atoms. The van der Waals surface area contributed by atoms with Crippen LogP contribution in [0.15, 0.2) is 188 Å². The molecule has 4 nitrogen and oxygen atoms in total. The van der Waals surface area contributed by atoms with Crippen molar-refractivity contribution >= 4 is 17.3 Å². The molecule has 1 aliphatic carbocycles. The Hall–Kier alpha value is -6.91. The number of hydrogen-bond donors (Lipinski definition) is 0. The minimum Gasteiger partial charge on any atom is -0.279 e. The molecular weight excluding hydrogens is 635 g/mol. The molecule has 0 fully saturated rings. The average molecular weight is 666 g/mol. The van der Waals surface area contributed by atoms with Crippen molar-refractivity contribution in [1.82, 2.24) is 9.97 Å². The van der Waals surface area contributed by atoms with Crippen LogP contribution in [0.4, 0.5) is 11.4 Å². The third-order valence-electron chi connectivity index (χ3n) is 10.5. The van der Waals surface area contributed by atoms with Crippen LogP contribution in [-0.4, -0.2) is 15.9 Å². The Bertz CT molecular complexity index is 2600. The number of anilines is 2. The van der Waals surface area contributed by atoms with Crippen LogP contribution < -0.4 is 4.90 Å². The van der Waals surface area contributed by atoms with Gasteiger partial charge in [0.15, 0.2) is 5.82 Å². The highest BCUT2D eigenvalue weighted by atomic mass is 16.2. The van der Waals surface area contributed by atoms with Crippen molar-refractivity contribution in [3.63, 3.8) is 0 Å². The van der Waals surface area contributed by atoms with Crippen LogP contribution in [0.25, 0.3) is 56.2 Å². The summed E-state index contributed by atoms with van der Waals surface area (Å²) in [5.41, 5.74) is 12.8. The molecule has 0 saturated heterocycles. The Balaban J connectivity index is 1.14. The smallest absolute Gasteiger partial charge is 0.251 e. The lowest BCUT2D eigenvalue weighted by Gasteiger charge is -2.27. The fraction of sp³-hybridized carbons (Fsp3) is 0.0208. The van der Waals surface area contributed by atoms with Gasteiger partial charge in [0.05, 0.1) is 17.1 Å². The van der Waals surface area contributed by atoms with E-state index in [4.69, 9.17) is 9.97 Å². The van der Waals surface area contributed by atoms with E-state index in [1.807, 2.05) is 89.8 Å². The highest BCUT2D eigenvalue weighted by Gasteiger charge is 2.58. The Morgan fingerprint density at radius 1 is 0.404 bits per heavy atom. The second-order valence-electron chi connectivity index (χ2n) is 13.3. The number of hydrogen-bond acceptors (Lipinski definition) is 3. The van der Waals surface area contributed by atoms with Gasteiger partial charge >= 0.3 is 0 Å². The van der Waals surface area contributed by atoms with Crippen molar-refractivity contribution in [2.24, 2.45) is 0 Å². The summed E-state index contributed by atoms with van der Waals surface area (Å²) in [5, 5.41) is 0. The number of fused-ring (bicyclic) bond motifs is 7. The molecule has 7 aromatic carbocycles. The van der Waals surface area contributed by atoms with E-state index in [0.29, 0.717) is 5.82 Å². The van der Waals surface area contributed by atoms with Crippen LogP contribution in [0.3, 0.4) is 0 Å². The number of benzene rings is 7. The van der Waals surface area contributed by atoms with Crippen molar-refractivity contribution in [1.29, 1.82) is 0 Å². The third-order valence-corrected chi connectivity index (χ3v) is 10.5. The Morgan fingerprint density at radius 3 is 1.65 bits per heavy atom. The van der Waals surface area contributed by atoms with Gasteiger partial charge in [0.25, 0.3) is 5.91 Å². The van der Waals surface area contributed by atoms with Gasteiger partial charge in [-0.15, -0.1) is 0 Å². The van der Waals surface area contributed by atoms with Gasteiger partial charge in [-0.25, -0.2) is 9.97 Å². The maximum absolute atomic E-state index is 15.2. The number of para-hydroxylation sites is 2. The van der Waals surface area contributed by atoms with Crippen molar-refractivity contribution in [3.8, 4) is 56.2 Å². The summed E-state index contributed by atoms with van der Waals surface area (Å²) in [4.78, 5) is 27.3. The highest BCUT2D eigenvalue weighted by Crippen LogP contribution is 2.60. The zero-order chi connectivity index (χ0) is 34.6. The molecule has 0 N–H and O–H groups in total. The molecule has 4 heteroatoms. The SMILES string of the molecule is O=C1N(c2ccccc2)c2ccccc2C12c1ccccc1-c1ccc(-c3cccc(-c4nc(-c5ccccc5)cc(-c5ccccc5)n4)c3)cc12. The maximum atomic E-state index is 15.2. The van der Waals surface area contributed by atoms with Gasteiger partial charge in [-0.05, 0) is 69.8 Å². The number of amides is 1. The highest BCUT2D eigenvalue weighted by molar-refractivity contribution is 6.20. The lowest BCUT2D eigenvalue weighted by atomic mass is 9.73. The van der Waals surface area contributed by atoms with Crippen LogP contribution in [0.2, 0.25) is 0 Å². The topological polar surface area (TPSA) is 46.1 Å². The molecule has 8 aromatic rings. The lowest BCUT2D eigenvalue weighted by molar-refractivity contribution is -0.119. The monoisotopic (exact) mass is 665 g/mol. The van der Waals surface area contributed by atoms with Gasteiger partial charge in [0, 0.05) is 27.9 Å². The Kier molecular flexibility index (Phi) is 6.83. The molecule has 244 valence electrons. The number of carbonyl (C=O) groups excluding carboxylic acids is 1. The van der Waals surface area contributed by atoms with E-state index in [-0.39, 0.29) is 5.91 Å². The summed E-state index contributed by atoms with van der Waals surface area (Å²) in [6, 6.07) is 64.2. The summed E-state index contributed by atoms with van der Waals surface area (Å²) in [6.45, 7) is 0. The number of aromatic nitrogens is 2. The number of rotatable bonds is 5. The fourth-order valence-electron chi connectivity index (χ4n) is 8.12. The fourth-order valence-corrected chi connectivity index (χ4v) is 8.12. The predicted molar refractivity (Wildman–Crippen MR) is 209 cm³/mol. The van der Waals surface area contributed by atoms with Crippen molar-refractivity contribution in [3.05, 3.63) is 205 Å². The van der Waals surface area contributed by atoms with Crippen LogP contribution in [0.5, 0.6) is 0 Å². The first-order valence-corrected chi connectivity index (χ1v) is 17.5. The molecule has 1 spiro atoms. The molecule has 0 radical (unpaired) electrons. The van der Waals surface area contributed by atoms with Gasteiger partial charge in [0.2, 0.25) is 0 Å². The van der Waals surface area contributed by atoms with Crippen molar-refractivity contribution in [2.45, 2.75) is 5.41 Å². The van der Waals surface area contributed by atoms with E-state index in [2.05, 4.69) is 103 Å². The Labute approximate surface area is 302 Å². The van der Waals surface area contributed by atoms with Gasteiger partial charge in [-0.3, -0.25) is 9.69 Å². The van der Waals surface area contributed by atoms with Crippen LogP contribution >= 0.6 is 0 Å². The van der Waals surface area contributed by atoms with Gasteiger partial charge in [-0.1, -0.05) is 152 Å². The molecule has 1 aliphatic heterocycles. The molecule has 2 aliphatic rings. The van der Waals surface area contributed by atoms with Crippen molar-refractivity contribution in [2.75, 3.05) is 4.90 Å². The molecule has 1 atom stereocenters. The molecule has 1 amide bonds. The van der Waals surface area contributed by atoms with E-state index in [1.165, 1.54) is 0 Å². The minimum absolute atomic E-state index is 0.0385. The second-order valence-corrected chi connectivity index (χ2v) is 13.3. The van der Waals surface area contributed by atoms with E-state index in [0.717, 1.165) is 78.4 Å². The summed E-state index contributed by atoms with van der Waals surface area (Å²) in [6.07, 6.45) is 0. The normalized spacial score (nSPS) is 15.4.